The molecule has 3 rings (SSSR count). The predicted octanol–water partition coefficient (Wildman–Crippen LogP) is 5.05. The molecule has 30 heavy (non-hydrogen) atoms. The van der Waals surface area contributed by atoms with E-state index in [0.29, 0.717) is 37.5 Å². The Morgan fingerprint density at radius 3 is 2.20 bits per heavy atom. The van der Waals surface area contributed by atoms with Gasteiger partial charge < -0.3 is 5.32 Å². The van der Waals surface area contributed by atoms with Gasteiger partial charge in [-0.25, -0.2) is 13.1 Å². The predicted molar refractivity (Wildman–Crippen MR) is 123 cm³/mol. The van der Waals surface area contributed by atoms with Crippen molar-refractivity contribution in [1.82, 2.24) is 4.72 Å². The van der Waals surface area contributed by atoms with Crippen molar-refractivity contribution in [3.8, 4) is 0 Å². The third-order valence-corrected chi connectivity index (χ3v) is 9.27. The van der Waals surface area contributed by atoms with E-state index in [1.54, 1.807) is 13.8 Å². The second-order valence-corrected chi connectivity index (χ2v) is 12.0. The molecule has 2 fully saturated rings. The molecule has 2 aliphatic rings. The first kappa shape index (κ1) is 23.3. The van der Waals surface area contributed by atoms with E-state index >= 15 is 0 Å². The third-order valence-electron chi connectivity index (χ3n) is 7.36. The van der Waals surface area contributed by atoms with Crippen LogP contribution in [0.3, 0.4) is 0 Å². The molecule has 0 spiro atoms. The van der Waals surface area contributed by atoms with Crippen molar-refractivity contribution in [1.29, 1.82) is 0 Å². The van der Waals surface area contributed by atoms with Crippen molar-refractivity contribution < 1.29 is 13.2 Å². The van der Waals surface area contributed by atoms with Gasteiger partial charge in [0.25, 0.3) is 0 Å². The second-order valence-electron chi connectivity index (χ2n) is 9.75. The van der Waals surface area contributed by atoms with Gasteiger partial charge in [-0.2, -0.15) is 0 Å². The Morgan fingerprint density at radius 1 is 0.967 bits per heavy atom. The van der Waals surface area contributed by atoms with E-state index in [1.807, 2.05) is 12.1 Å². The van der Waals surface area contributed by atoms with Crippen LogP contribution in [-0.4, -0.2) is 25.6 Å². The van der Waals surface area contributed by atoms with Gasteiger partial charge >= 0.3 is 0 Å². The normalized spacial score (nSPS) is 30.2. The number of nitrogens with one attached hydrogen (secondary N) is 2. The van der Waals surface area contributed by atoms with Crippen LogP contribution >= 0.6 is 0 Å². The molecule has 0 bridgehead atoms. The number of carbonyl (C=O) groups is 1. The number of rotatable bonds is 6. The average Bonchev–Trinajstić information content (AvgIpc) is 2.71. The van der Waals surface area contributed by atoms with Crippen LogP contribution in [0.4, 0.5) is 5.69 Å². The van der Waals surface area contributed by atoms with Crippen LogP contribution in [-0.2, 0) is 14.8 Å². The minimum atomic E-state index is -3.26. The third kappa shape index (κ3) is 5.64. The van der Waals surface area contributed by atoms with E-state index in [2.05, 4.69) is 36.0 Å². The van der Waals surface area contributed by atoms with Gasteiger partial charge in [0.1, 0.15) is 0 Å². The fraction of sp³-hybridized carbons (Fsp3) is 0.708. The van der Waals surface area contributed by atoms with E-state index in [-0.39, 0.29) is 17.9 Å². The van der Waals surface area contributed by atoms with Gasteiger partial charge in [-0.05, 0) is 81.4 Å². The molecule has 6 heteroatoms. The van der Waals surface area contributed by atoms with Gasteiger partial charge in [0.2, 0.25) is 15.9 Å². The van der Waals surface area contributed by atoms with E-state index in [0.717, 1.165) is 11.6 Å². The summed E-state index contributed by atoms with van der Waals surface area (Å²) in [5.41, 5.74) is 2.23. The lowest BCUT2D eigenvalue weighted by atomic mass is 9.71. The van der Waals surface area contributed by atoms with Gasteiger partial charge in [-0.1, -0.05) is 38.8 Å². The van der Waals surface area contributed by atoms with Gasteiger partial charge in [-0.3, -0.25) is 4.79 Å². The molecule has 5 nitrogen and oxygen atoms in total. The van der Waals surface area contributed by atoms with Crippen LogP contribution in [0.5, 0.6) is 0 Å². The van der Waals surface area contributed by atoms with E-state index in [4.69, 9.17) is 0 Å². The van der Waals surface area contributed by atoms with Crippen molar-refractivity contribution in [3.05, 3.63) is 29.8 Å². The Morgan fingerprint density at radius 2 is 1.60 bits per heavy atom. The Bertz CT molecular complexity index is 811. The SMILES string of the molecule is CC1CCCC(c2ccc(NC(=O)C3CCC(NS(=O)(=O)C(C)C)CC3)cc2)C1C. The number of carbonyl (C=O) groups excluding carboxylic acids is 1. The maximum absolute atomic E-state index is 12.7. The first-order valence-corrected chi connectivity index (χ1v) is 13.1. The smallest absolute Gasteiger partial charge is 0.227 e. The molecule has 0 saturated heterocycles. The zero-order valence-electron chi connectivity index (χ0n) is 18.9. The highest BCUT2D eigenvalue weighted by atomic mass is 32.2. The van der Waals surface area contributed by atoms with Crippen LogP contribution in [0, 0.1) is 17.8 Å². The Kier molecular flexibility index (Phi) is 7.61. The summed E-state index contributed by atoms with van der Waals surface area (Å²) in [5.74, 6) is 2.07. The summed E-state index contributed by atoms with van der Waals surface area (Å²) in [4.78, 5) is 12.7. The highest BCUT2D eigenvalue weighted by Gasteiger charge is 2.30. The molecular formula is C24H38N2O3S. The van der Waals surface area contributed by atoms with E-state index < -0.39 is 15.3 Å². The van der Waals surface area contributed by atoms with Crippen molar-refractivity contribution in [3.63, 3.8) is 0 Å². The first-order valence-electron chi connectivity index (χ1n) is 11.6. The number of benzene rings is 1. The van der Waals surface area contributed by atoms with Crippen LogP contribution in [0.2, 0.25) is 0 Å². The number of sulfonamides is 1. The molecule has 0 aliphatic heterocycles. The lowest BCUT2D eigenvalue weighted by Crippen LogP contribution is -2.42. The molecule has 1 amide bonds. The number of hydrogen-bond donors (Lipinski definition) is 2. The maximum Gasteiger partial charge on any atom is 0.227 e. The number of anilines is 1. The fourth-order valence-electron chi connectivity index (χ4n) is 4.95. The quantitative estimate of drug-likeness (QED) is 0.658. The molecule has 1 aromatic rings. The van der Waals surface area contributed by atoms with Crippen molar-refractivity contribution in [2.45, 2.75) is 89.9 Å². The molecule has 2 aliphatic carbocycles. The largest absolute Gasteiger partial charge is 0.326 e. The van der Waals surface area contributed by atoms with Gasteiger partial charge in [-0.15, -0.1) is 0 Å². The van der Waals surface area contributed by atoms with Gasteiger partial charge in [0, 0.05) is 17.6 Å². The van der Waals surface area contributed by atoms with Crippen molar-refractivity contribution >= 4 is 21.6 Å². The van der Waals surface area contributed by atoms with E-state index in [9.17, 15) is 13.2 Å². The molecule has 2 N–H and O–H groups in total. The standard InChI is InChI=1S/C24H38N2O3S/c1-16(2)30(28,29)26-22-14-10-20(11-15-22)24(27)25-21-12-8-19(9-13-21)23-7-5-6-17(3)18(23)4/h8-9,12-13,16-18,20,22-23,26H,5-7,10-11,14-15H2,1-4H3,(H,25,27). The summed E-state index contributed by atoms with van der Waals surface area (Å²) in [6.45, 7) is 8.08. The van der Waals surface area contributed by atoms with Gasteiger partial charge in [0.15, 0.2) is 0 Å². The fourth-order valence-corrected chi connectivity index (χ4v) is 5.92. The monoisotopic (exact) mass is 434 g/mol. The number of hydrogen-bond acceptors (Lipinski definition) is 3. The van der Waals surface area contributed by atoms with Crippen LogP contribution in [0.1, 0.15) is 84.1 Å². The Labute approximate surface area is 182 Å². The molecule has 0 heterocycles. The Balaban J connectivity index is 1.51. The first-order chi connectivity index (χ1) is 14.2. The van der Waals surface area contributed by atoms with Crippen molar-refractivity contribution in [2.24, 2.45) is 17.8 Å². The minimum absolute atomic E-state index is 0.0487. The summed E-state index contributed by atoms with van der Waals surface area (Å²) in [6, 6.07) is 8.35. The molecule has 0 radical (unpaired) electrons. The molecular weight excluding hydrogens is 396 g/mol. The topological polar surface area (TPSA) is 75.3 Å². The molecule has 168 valence electrons. The molecule has 0 aromatic heterocycles. The summed E-state index contributed by atoms with van der Waals surface area (Å²) in [7, 11) is -3.26. The second kappa shape index (κ2) is 9.82. The zero-order valence-corrected chi connectivity index (χ0v) is 19.7. The maximum atomic E-state index is 12.7. The molecule has 3 unspecified atom stereocenters. The summed E-state index contributed by atoms with van der Waals surface area (Å²) >= 11 is 0. The highest BCUT2D eigenvalue weighted by molar-refractivity contribution is 7.90. The van der Waals surface area contributed by atoms with Crippen molar-refractivity contribution in [2.75, 3.05) is 5.32 Å². The van der Waals surface area contributed by atoms with Gasteiger partial charge in [0.05, 0.1) is 5.25 Å². The lowest BCUT2D eigenvalue weighted by Gasteiger charge is -2.34. The van der Waals surface area contributed by atoms with E-state index in [1.165, 1.54) is 24.8 Å². The highest BCUT2D eigenvalue weighted by Crippen LogP contribution is 2.41. The molecule has 1 aromatic carbocycles. The van der Waals surface area contributed by atoms with Crippen LogP contribution in [0.25, 0.3) is 0 Å². The molecule has 2 saturated carbocycles. The summed E-state index contributed by atoms with van der Waals surface area (Å²) in [5, 5.41) is 2.64. The molecule has 3 atom stereocenters. The van der Waals surface area contributed by atoms with Crippen LogP contribution in [0.15, 0.2) is 24.3 Å². The Hall–Kier alpha value is -1.40. The van der Waals surface area contributed by atoms with Crippen LogP contribution < -0.4 is 10.0 Å². The minimum Gasteiger partial charge on any atom is -0.326 e. The lowest BCUT2D eigenvalue weighted by molar-refractivity contribution is -0.120. The average molecular weight is 435 g/mol. The number of amides is 1. The zero-order chi connectivity index (χ0) is 21.9. The summed E-state index contributed by atoms with van der Waals surface area (Å²) in [6.07, 6.45) is 6.72. The summed E-state index contributed by atoms with van der Waals surface area (Å²) < 4.78 is 26.9.